The molecule has 33 heavy (non-hydrogen) atoms. The molecule has 0 saturated heterocycles. The summed E-state index contributed by atoms with van der Waals surface area (Å²) in [4.78, 5) is 51.3. The van der Waals surface area contributed by atoms with Crippen LogP contribution in [0.2, 0.25) is 0 Å². The number of rotatable bonds is 12. The molecule has 182 valence electrons. The van der Waals surface area contributed by atoms with E-state index in [9.17, 15) is 19.2 Å². The molecule has 0 amide bonds. The molecule has 0 aliphatic heterocycles. The van der Waals surface area contributed by atoms with Gasteiger partial charge in [-0.25, -0.2) is 0 Å². The van der Waals surface area contributed by atoms with Crippen molar-refractivity contribution < 1.29 is 38.1 Å². The third-order valence-electron chi connectivity index (χ3n) is 4.92. The van der Waals surface area contributed by atoms with E-state index in [1.54, 1.807) is 20.8 Å². The van der Waals surface area contributed by atoms with Gasteiger partial charge < -0.3 is 18.9 Å². The fourth-order valence-electron chi connectivity index (χ4n) is 3.40. The molecule has 4 atom stereocenters. The lowest BCUT2D eigenvalue weighted by Crippen LogP contribution is -2.46. The van der Waals surface area contributed by atoms with Gasteiger partial charge in [0.2, 0.25) is 0 Å². The fourth-order valence-corrected chi connectivity index (χ4v) is 3.40. The molecule has 1 saturated carbocycles. The van der Waals surface area contributed by atoms with Gasteiger partial charge in [-0.05, 0) is 50.3 Å². The van der Waals surface area contributed by atoms with Crippen LogP contribution in [-0.4, -0.2) is 50.3 Å². The second-order valence-corrected chi connectivity index (χ2v) is 8.51. The minimum absolute atomic E-state index is 0.0292. The van der Waals surface area contributed by atoms with Gasteiger partial charge in [0.1, 0.15) is 26.4 Å². The number of esters is 4. The Balaban J connectivity index is 3.25. The van der Waals surface area contributed by atoms with E-state index < -0.39 is 47.5 Å². The lowest BCUT2D eigenvalue weighted by atomic mass is 9.68. The average Bonchev–Trinajstić information content (AvgIpc) is 2.76. The van der Waals surface area contributed by atoms with Crippen molar-refractivity contribution in [3.8, 4) is 0 Å². The minimum Gasteiger partial charge on any atom is -0.461 e. The molecule has 1 fully saturated rings. The van der Waals surface area contributed by atoms with Gasteiger partial charge in [0.25, 0.3) is 0 Å². The normalized spacial score (nSPS) is 21.8. The Kier molecular flexibility index (Phi) is 11.3. The molecular formula is C25H34O8. The first-order chi connectivity index (χ1) is 15.5. The molecule has 8 nitrogen and oxygen atoms in total. The first-order valence-corrected chi connectivity index (χ1v) is 10.7. The van der Waals surface area contributed by atoms with Crippen molar-refractivity contribution in [3.63, 3.8) is 0 Å². The summed E-state index contributed by atoms with van der Waals surface area (Å²) < 4.78 is 21.0. The third kappa shape index (κ3) is 9.08. The van der Waals surface area contributed by atoms with Gasteiger partial charge in [-0.1, -0.05) is 32.4 Å². The predicted molar refractivity (Wildman–Crippen MR) is 122 cm³/mol. The highest BCUT2D eigenvalue weighted by Crippen LogP contribution is 2.41. The van der Waals surface area contributed by atoms with Crippen molar-refractivity contribution in [1.29, 1.82) is 0 Å². The summed E-state index contributed by atoms with van der Waals surface area (Å²) in [6.07, 6.45) is 1.13. The van der Waals surface area contributed by atoms with Gasteiger partial charge in [-0.3, -0.25) is 19.2 Å². The van der Waals surface area contributed by atoms with Gasteiger partial charge >= 0.3 is 23.9 Å². The van der Waals surface area contributed by atoms with Crippen molar-refractivity contribution in [2.75, 3.05) is 26.4 Å². The molecule has 0 radical (unpaired) electrons. The lowest BCUT2D eigenvalue weighted by molar-refractivity contribution is -0.174. The van der Waals surface area contributed by atoms with Crippen LogP contribution >= 0.6 is 0 Å². The summed E-state index contributed by atoms with van der Waals surface area (Å²) in [5, 5.41) is 0. The first-order valence-electron chi connectivity index (χ1n) is 10.7. The molecule has 0 bridgehead atoms. The molecular weight excluding hydrogens is 428 g/mol. The van der Waals surface area contributed by atoms with Crippen LogP contribution in [0, 0.1) is 23.7 Å². The van der Waals surface area contributed by atoms with Crippen LogP contribution in [0.15, 0.2) is 49.1 Å². The predicted octanol–water partition coefficient (Wildman–Crippen LogP) is 3.33. The summed E-state index contributed by atoms with van der Waals surface area (Å²) in [5.41, 5.74) is 1.84. The van der Waals surface area contributed by atoms with E-state index in [0.717, 1.165) is 0 Å². The number of ether oxygens (including phenoxy) is 4. The van der Waals surface area contributed by atoms with Crippen molar-refractivity contribution >= 4 is 23.9 Å². The Morgan fingerprint density at radius 2 is 0.909 bits per heavy atom. The number of carbonyl (C=O) groups excluding carboxylic acids is 4. The van der Waals surface area contributed by atoms with Crippen LogP contribution in [0.4, 0.5) is 0 Å². The van der Waals surface area contributed by atoms with E-state index in [4.69, 9.17) is 18.9 Å². The lowest BCUT2D eigenvalue weighted by Gasteiger charge is -2.36. The minimum atomic E-state index is -1.01. The maximum absolute atomic E-state index is 12.9. The molecule has 0 spiro atoms. The molecule has 1 aliphatic carbocycles. The molecule has 0 heterocycles. The molecule has 1 rings (SSSR count). The van der Waals surface area contributed by atoms with Crippen LogP contribution in [0.3, 0.4) is 0 Å². The Hall–Kier alpha value is -3.16. The second kappa shape index (κ2) is 13.4. The van der Waals surface area contributed by atoms with Crippen LogP contribution in [0.1, 0.15) is 33.6 Å². The van der Waals surface area contributed by atoms with Gasteiger partial charge in [-0.15, -0.1) is 0 Å². The van der Waals surface area contributed by atoms with Crippen molar-refractivity contribution in [2.45, 2.75) is 33.6 Å². The molecule has 0 aromatic carbocycles. The van der Waals surface area contributed by atoms with E-state index in [-0.39, 0.29) is 39.3 Å². The molecule has 0 N–H and O–H groups in total. The van der Waals surface area contributed by atoms with Crippen LogP contribution in [0.5, 0.6) is 0 Å². The van der Waals surface area contributed by atoms with E-state index >= 15 is 0 Å². The van der Waals surface area contributed by atoms with Crippen LogP contribution in [-0.2, 0) is 38.1 Å². The van der Waals surface area contributed by atoms with Crippen LogP contribution < -0.4 is 0 Å². The zero-order valence-electron chi connectivity index (χ0n) is 19.7. The highest BCUT2D eigenvalue weighted by Gasteiger charge is 2.51. The highest BCUT2D eigenvalue weighted by atomic mass is 16.5. The Bertz CT molecular complexity index is 809. The molecule has 4 unspecified atom stereocenters. The monoisotopic (exact) mass is 462 g/mol. The van der Waals surface area contributed by atoms with E-state index in [1.807, 2.05) is 0 Å². The van der Waals surface area contributed by atoms with Crippen LogP contribution in [0.25, 0.3) is 0 Å². The Morgan fingerprint density at radius 1 is 0.636 bits per heavy atom. The summed E-state index contributed by atoms with van der Waals surface area (Å²) >= 11 is 0. The van der Waals surface area contributed by atoms with Crippen molar-refractivity contribution in [3.05, 3.63) is 49.1 Å². The molecule has 1 aliphatic rings. The third-order valence-corrected chi connectivity index (χ3v) is 4.92. The topological polar surface area (TPSA) is 105 Å². The Morgan fingerprint density at radius 3 is 1.15 bits per heavy atom. The van der Waals surface area contributed by atoms with E-state index in [0.29, 0.717) is 16.7 Å². The second-order valence-electron chi connectivity index (χ2n) is 8.51. The first kappa shape index (κ1) is 27.9. The quantitative estimate of drug-likeness (QED) is 0.247. The number of carbonyl (C=O) groups is 4. The van der Waals surface area contributed by atoms with Gasteiger partial charge in [0.15, 0.2) is 0 Å². The molecule has 0 aromatic heterocycles. The fraction of sp³-hybridized carbons (Fsp3) is 0.520. The maximum Gasteiger partial charge on any atom is 0.310 e. The average molecular weight is 463 g/mol. The molecule has 8 heteroatoms. The van der Waals surface area contributed by atoms with E-state index in [1.165, 1.54) is 6.08 Å². The smallest absolute Gasteiger partial charge is 0.310 e. The van der Waals surface area contributed by atoms with E-state index in [2.05, 4.69) is 26.3 Å². The molecule has 0 aromatic rings. The standard InChI is InChI=1S/C25H34O8/c1-8-9-30-22(26)18-10-20(24(28)32-13-16(4)5)21(25(29)33-14-17(6)7)11-19(18)23(27)31-12-15(2)3/h8,18-21H,1-2,4,6,9-14H2,3,5,7H3. The maximum atomic E-state index is 12.9. The summed E-state index contributed by atoms with van der Waals surface area (Å²) in [7, 11) is 0. The summed E-state index contributed by atoms with van der Waals surface area (Å²) in [5.74, 6) is -6.73. The van der Waals surface area contributed by atoms with Crippen molar-refractivity contribution in [1.82, 2.24) is 0 Å². The largest absolute Gasteiger partial charge is 0.461 e. The summed E-state index contributed by atoms with van der Waals surface area (Å²) in [6.45, 7) is 19.5. The van der Waals surface area contributed by atoms with Gasteiger partial charge in [0, 0.05) is 0 Å². The Labute approximate surface area is 195 Å². The highest BCUT2D eigenvalue weighted by molar-refractivity contribution is 5.88. The number of hydrogen-bond acceptors (Lipinski definition) is 8. The summed E-state index contributed by atoms with van der Waals surface area (Å²) in [6, 6.07) is 0. The van der Waals surface area contributed by atoms with Crippen molar-refractivity contribution in [2.24, 2.45) is 23.7 Å². The number of hydrogen-bond donors (Lipinski definition) is 0. The zero-order valence-corrected chi connectivity index (χ0v) is 19.7. The SMILES string of the molecule is C=CCOC(=O)C1CC(C(=O)OCC(=C)C)C(C(=O)OCC(=C)C)CC1C(=O)OCC(=C)C. The zero-order chi connectivity index (χ0) is 25.1. The van der Waals surface area contributed by atoms with Gasteiger partial charge in [0.05, 0.1) is 23.7 Å². The van der Waals surface area contributed by atoms with Gasteiger partial charge in [-0.2, -0.15) is 0 Å².